The molecule has 15 heteroatoms. The van der Waals surface area contributed by atoms with E-state index in [2.05, 4.69) is 25.1 Å². The number of benzene rings is 2. The largest absolute Gasteiger partial charge is 0.497 e. The number of rotatable bonds is 8. The molecule has 0 aliphatic carbocycles. The monoisotopic (exact) mass is 650 g/mol. The van der Waals surface area contributed by atoms with E-state index in [1.165, 1.54) is 32.4 Å². The fourth-order valence-electron chi connectivity index (χ4n) is 6.42. The van der Waals surface area contributed by atoms with Crippen LogP contribution in [0.3, 0.4) is 0 Å². The van der Waals surface area contributed by atoms with Crippen molar-refractivity contribution >= 4 is 27.8 Å². The van der Waals surface area contributed by atoms with E-state index in [-0.39, 0.29) is 17.6 Å². The van der Waals surface area contributed by atoms with Crippen molar-refractivity contribution in [3.63, 3.8) is 0 Å². The van der Waals surface area contributed by atoms with Gasteiger partial charge in [-0.3, -0.25) is 14.8 Å². The van der Waals surface area contributed by atoms with Gasteiger partial charge >= 0.3 is 6.18 Å². The van der Waals surface area contributed by atoms with Crippen LogP contribution in [0.2, 0.25) is 0 Å². The van der Waals surface area contributed by atoms with Crippen LogP contribution < -0.4 is 9.47 Å². The Morgan fingerprint density at radius 2 is 1.89 bits per heavy atom. The molecule has 7 rings (SSSR count). The Bertz CT molecular complexity index is 1920. The van der Waals surface area contributed by atoms with Crippen molar-refractivity contribution in [1.82, 2.24) is 39.5 Å². The van der Waals surface area contributed by atoms with Crippen molar-refractivity contribution in [2.45, 2.75) is 25.2 Å². The van der Waals surface area contributed by atoms with E-state index >= 15 is 0 Å². The molecule has 246 valence electrons. The lowest BCUT2D eigenvalue weighted by Gasteiger charge is -2.41. The highest BCUT2D eigenvalue weighted by molar-refractivity contribution is 5.85. The maximum absolute atomic E-state index is 14.2. The second-order valence-corrected chi connectivity index (χ2v) is 11.7. The van der Waals surface area contributed by atoms with Gasteiger partial charge in [0.15, 0.2) is 5.82 Å². The molecule has 1 unspecified atom stereocenters. The zero-order valence-electron chi connectivity index (χ0n) is 25.8. The van der Waals surface area contributed by atoms with Crippen molar-refractivity contribution in [1.29, 1.82) is 0 Å². The molecular weight excluding hydrogens is 617 g/mol. The number of hydrogen-bond acceptors (Lipinski definition) is 9. The number of carbonyl (C=O) groups is 1. The summed E-state index contributed by atoms with van der Waals surface area (Å²) in [6.45, 7) is 2.82. The lowest BCUT2D eigenvalue weighted by molar-refractivity contribution is -0.148. The van der Waals surface area contributed by atoms with E-state index in [4.69, 9.17) is 19.2 Å². The van der Waals surface area contributed by atoms with Gasteiger partial charge in [-0.05, 0) is 36.6 Å². The lowest BCUT2D eigenvalue weighted by atomic mass is 10.1. The van der Waals surface area contributed by atoms with Gasteiger partial charge in [0.05, 0.1) is 42.9 Å². The molecular formula is C32H33F3N8O4. The molecule has 3 aromatic heterocycles. The van der Waals surface area contributed by atoms with Crippen LogP contribution in [0.5, 0.6) is 11.6 Å². The fourth-order valence-corrected chi connectivity index (χ4v) is 6.42. The summed E-state index contributed by atoms with van der Waals surface area (Å²) in [5.41, 5.74) is 1.58. The first-order valence-electron chi connectivity index (χ1n) is 15.3. The Balaban J connectivity index is 1.23. The van der Waals surface area contributed by atoms with E-state index in [0.29, 0.717) is 61.1 Å². The Morgan fingerprint density at radius 3 is 2.66 bits per heavy atom. The number of amides is 1. The second-order valence-electron chi connectivity index (χ2n) is 11.7. The fraction of sp³-hybridized carbons (Fsp3) is 0.406. The van der Waals surface area contributed by atoms with Gasteiger partial charge in [0.2, 0.25) is 17.6 Å². The summed E-state index contributed by atoms with van der Waals surface area (Å²) in [4.78, 5) is 31.1. The third-order valence-electron chi connectivity index (χ3n) is 8.77. The number of carbonyl (C=O) groups excluding carboxylic acids is 1. The lowest BCUT2D eigenvalue weighted by Crippen LogP contribution is -2.52. The Kier molecular flexibility index (Phi) is 8.18. The molecule has 2 saturated heterocycles. The van der Waals surface area contributed by atoms with Gasteiger partial charge in [-0.15, -0.1) is 0 Å². The first-order chi connectivity index (χ1) is 22.7. The summed E-state index contributed by atoms with van der Waals surface area (Å²) in [5.74, 6) is 0.140. The van der Waals surface area contributed by atoms with Gasteiger partial charge in [0.1, 0.15) is 24.2 Å². The van der Waals surface area contributed by atoms with Crippen LogP contribution in [-0.2, 0) is 22.3 Å². The SMILES string of the molecule is COc1ccc2nc(C(F)(F)F)n(CC(=O)N3CCN(CC4CCOC4)C[C@H]3c3nc(-c4cc5ccccc5nc4OC)n[nH]3)c2c1. The molecule has 5 aromatic rings. The molecule has 0 saturated carbocycles. The molecule has 5 heterocycles. The van der Waals surface area contributed by atoms with Crippen LogP contribution in [0.4, 0.5) is 13.2 Å². The number of piperazine rings is 1. The van der Waals surface area contributed by atoms with Crippen molar-refractivity contribution in [3.05, 3.63) is 60.2 Å². The van der Waals surface area contributed by atoms with Crippen molar-refractivity contribution < 1.29 is 32.2 Å². The highest BCUT2D eigenvalue weighted by atomic mass is 19.4. The van der Waals surface area contributed by atoms with Gasteiger partial charge in [0, 0.05) is 44.2 Å². The quantitative estimate of drug-likeness (QED) is 0.262. The average Bonchev–Trinajstić information content (AvgIpc) is 3.85. The van der Waals surface area contributed by atoms with Crippen LogP contribution in [-0.4, -0.2) is 99.0 Å². The van der Waals surface area contributed by atoms with Crippen molar-refractivity contribution in [2.24, 2.45) is 5.92 Å². The number of methoxy groups -OCH3 is 2. The first-order valence-corrected chi connectivity index (χ1v) is 15.3. The molecule has 12 nitrogen and oxygen atoms in total. The minimum atomic E-state index is -4.78. The standard InChI is InChI=1S/C32H33F3N8O4/c1-45-21-7-8-24-25(14-21)43(31(37-24)32(33,34)35)17-27(44)42-11-10-41(15-19-9-12-47-18-19)16-26(42)29-38-28(39-40-29)22-13-20-5-3-4-6-23(20)36-30(22)46-2/h3-8,13-14,19,26H,9-12,15-18H2,1-2H3,(H,38,39,40)/t19?,26-/m0/s1. The number of nitrogens with one attached hydrogen (secondary N) is 1. The number of ether oxygens (including phenoxy) is 3. The Labute approximate surface area is 267 Å². The van der Waals surface area contributed by atoms with Gasteiger partial charge in [-0.2, -0.15) is 18.3 Å². The van der Waals surface area contributed by atoms with Gasteiger partial charge in [-0.25, -0.2) is 15.0 Å². The highest BCUT2D eigenvalue weighted by Gasteiger charge is 2.40. The minimum Gasteiger partial charge on any atom is -0.497 e. The van der Waals surface area contributed by atoms with Gasteiger partial charge in [0.25, 0.3) is 0 Å². The molecule has 1 N–H and O–H groups in total. The summed E-state index contributed by atoms with van der Waals surface area (Å²) in [7, 11) is 2.94. The number of hydrogen-bond donors (Lipinski definition) is 1. The van der Waals surface area contributed by atoms with Crippen molar-refractivity contribution in [3.8, 4) is 23.0 Å². The van der Waals surface area contributed by atoms with Crippen LogP contribution in [0.25, 0.3) is 33.3 Å². The second kappa shape index (κ2) is 12.4. The molecule has 2 aliphatic heterocycles. The van der Waals surface area contributed by atoms with Crippen LogP contribution >= 0.6 is 0 Å². The normalized spacial score (nSPS) is 19.1. The Hall–Kier alpha value is -4.76. The van der Waals surface area contributed by atoms with Gasteiger partial charge < -0.3 is 23.7 Å². The third kappa shape index (κ3) is 6.07. The maximum Gasteiger partial charge on any atom is 0.449 e. The molecule has 2 aromatic carbocycles. The number of aromatic amines is 1. The zero-order chi connectivity index (χ0) is 32.7. The minimum absolute atomic E-state index is 0.115. The average molecular weight is 651 g/mol. The predicted molar refractivity (Wildman–Crippen MR) is 165 cm³/mol. The van der Waals surface area contributed by atoms with E-state index in [1.54, 1.807) is 4.90 Å². The number of H-pyrrole nitrogens is 1. The molecule has 2 aliphatic rings. The van der Waals surface area contributed by atoms with Crippen molar-refractivity contribution in [2.75, 3.05) is 53.6 Å². The number of halogens is 3. The number of imidazole rings is 1. The predicted octanol–water partition coefficient (Wildman–Crippen LogP) is 4.33. The molecule has 0 bridgehead atoms. The number of nitrogens with zero attached hydrogens (tertiary/aromatic N) is 7. The molecule has 1 amide bonds. The summed E-state index contributed by atoms with van der Waals surface area (Å²) < 4.78 is 59.8. The summed E-state index contributed by atoms with van der Waals surface area (Å²) in [6.07, 6.45) is -3.83. The molecule has 2 atom stereocenters. The molecule has 2 fully saturated rings. The number of fused-ring (bicyclic) bond motifs is 2. The smallest absolute Gasteiger partial charge is 0.449 e. The third-order valence-corrected chi connectivity index (χ3v) is 8.77. The summed E-state index contributed by atoms with van der Waals surface area (Å²) in [5, 5.41) is 8.35. The van der Waals surface area contributed by atoms with Crippen LogP contribution in [0.1, 0.15) is 24.1 Å². The Morgan fingerprint density at radius 1 is 1.04 bits per heavy atom. The van der Waals surface area contributed by atoms with E-state index in [0.717, 1.165) is 28.4 Å². The summed E-state index contributed by atoms with van der Waals surface area (Å²) in [6, 6.07) is 13.3. The van der Waals surface area contributed by atoms with Gasteiger partial charge in [-0.1, -0.05) is 18.2 Å². The maximum atomic E-state index is 14.2. The van der Waals surface area contributed by atoms with E-state index in [1.807, 2.05) is 30.3 Å². The van der Waals surface area contributed by atoms with E-state index < -0.39 is 30.5 Å². The summed E-state index contributed by atoms with van der Waals surface area (Å²) >= 11 is 0. The highest BCUT2D eigenvalue weighted by Crippen LogP contribution is 2.35. The number of pyridine rings is 1. The number of aromatic nitrogens is 6. The first kappa shape index (κ1) is 30.9. The van der Waals surface area contributed by atoms with E-state index in [9.17, 15) is 18.0 Å². The molecule has 47 heavy (non-hydrogen) atoms. The van der Waals surface area contributed by atoms with Crippen LogP contribution in [0.15, 0.2) is 48.5 Å². The molecule has 0 spiro atoms. The number of alkyl halides is 3. The number of para-hydroxylation sites is 1. The zero-order valence-corrected chi connectivity index (χ0v) is 25.8. The molecule has 0 radical (unpaired) electrons. The van der Waals surface area contributed by atoms with Crippen LogP contribution in [0, 0.1) is 5.92 Å². The topological polar surface area (TPSA) is 124 Å².